The van der Waals surface area contributed by atoms with Gasteiger partial charge in [0.2, 0.25) is 5.95 Å². The monoisotopic (exact) mass is 267 g/mol. The number of aromatic nitrogens is 2. The fraction of sp³-hybridized carbons (Fsp3) is 0.500. The number of thioether (sulfide) groups is 1. The number of hydrogen-bond donors (Lipinski definition) is 1. The van der Waals surface area contributed by atoms with Gasteiger partial charge in [-0.15, -0.1) is 23.1 Å². The van der Waals surface area contributed by atoms with Gasteiger partial charge < -0.3 is 5.73 Å². The Morgan fingerprint density at radius 3 is 2.94 bits per heavy atom. The molecule has 0 amide bonds. The number of aryl methyl sites for hydroxylation is 1. The minimum Gasteiger partial charge on any atom is -0.368 e. The largest absolute Gasteiger partial charge is 0.368 e. The van der Waals surface area contributed by atoms with Gasteiger partial charge in [0, 0.05) is 10.3 Å². The van der Waals surface area contributed by atoms with E-state index in [1.807, 2.05) is 0 Å². The summed E-state index contributed by atoms with van der Waals surface area (Å²) in [6.45, 7) is 4.31. The number of fused-ring (bicyclic) bond motifs is 1. The summed E-state index contributed by atoms with van der Waals surface area (Å²) in [5, 5.41) is 2.19. The summed E-state index contributed by atoms with van der Waals surface area (Å²) in [7, 11) is 0. The Kier molecular flexibility index (Phi) is 4.23. The summed E-state index contributed by atoms with van der Waals surface area (Å²) in [5.74, 6) is 1.49. The number of hydrogen-bond acceptors (Lipinski definition) is 5. The topological polar surface area (TPSA) is 51.8 Å². The lowest BCUT2D eigenvalue weighted by molar-refractivity contribution is 0.778. The van der Waals surface area contributed by atoms with Crippen molar-refractivity contribution in [1.29, 1.82) is 0 Å². The lowest BCUT2D eigenvalue weighted by Crippen LogP contribution is -1.96. The number of nitrogens with two attached hydrogens (primary N) is 1. The Bertz CT molecular complexity index is 508. The van der Waals surface area contributed by atoms with Gasteiger partial charge in [0.1, 0.15) is 9.86 Å². The average Bonchev–Trinajstić information content (AvgIpc) is 2.64. The maximum absolute atomic E-state index is 5.74. The van der Waals surface area contributed by atoms with Crippen LogP contribution in [0.25, 0.3) is 10.2 Å². The second-order valence-electron chi connectivity index (χ2n) is 4.02. The maximum Gasteiger partial charge on any atom is 0.222 e. The van der Waals surface area contributed by atoms with Gasteiger partial charge >= 0.3 is 0 Å². The van der Waals surface area contributed by atoms with E-state index in [4.69, 9.17) is 5.73 Å². The SMILES string of the molecule is CCCCCSc1nc(N)nc2sc(C)cc12. The van der Waals surface area contributed by atoms with Crippen molar-refractivity contribution in [2.45, 2.75) is 38.1 Å². The molecule has 0 aromatic carbocycles. The number of unbranched alkanes of at least 4 members (excludes halogenated alkanes) is 2. The Hall–Kier alpha value is -0.810. The highest BCUT2D eigenvalue weighted by atomic mass is 32.2. The molecule has 2 heterocycles. The third-order valence-corrected chi connectivity index (χ3v) is 4.51. The highest BCUT2D eigenvalue weighted by Gasteiger charge is 2.09. The molecular formula is C12H17N3S2. The Labute approximate surface area is 110 Å². The van der Waals surface area contributed by atoms with Crippen LogP contribution in [-0.4, -0.2) is 15.7 Å². The molecule has 2 aromatic heterocycles. The predicted molar refractivity (Wildman–Crippen MR) is 76.8 cm³/mol. The van der Waals surface area contributed by atoms with Gasteiger partial charge in [-0.2, -0.15) is 0 Å². The van der Waals surface area contributed by atoms with Gasteiger partial charge in [-0.1, -0.05) is 19.8 Å². The smallest absolute Gasteiger partial charge is 0.222 e. The molecular weight excluding hydrogens is 250 g/mol. The molecule has 0 atom stereocenters. The number of nitrogens with zero attached hydrogens (tertiary/aromatic N) is 2. The zero-order chi connectivity index (χ0) is 12.3. The number of anilines is 1. The van der Waals surface area contributed by atoms with Crippen molar-refractivity contribution in [2.24, 2.45) is 0 Å². The molecule has 2 aromatic rings. The van der Waals surface area contributed by atoms with Gasteiger partial charge in [0.05, 0.1) is 0 Å². The minimum absolute atomic E-state index is 0.386. The van der Waals surface area contributed by atoms with Crippen molar-refractivity contribution in [3.63, 3.8) is 0 Å². The van der Waals surface area contributed by atoms with E-state index in [0.717, 1.165) is 21.0 Å². The summed E-state index contributed by atoms with van der Waals surface area (Å²) in [6.07, 6.45) is 3.76. The van der Waals surface area contributed by atoms with E-state index in [1.54, 1.807) is 23.1 Å². The quantitative estimate of drug-likeness (QED) is 0.507. The van der Waals surface area contributed by atoms with E-state index < -0.39 is 0 Å². The molecule has 0 radical (unpaired) electrons. The first kappa shape index (κ1) is 12.6. The van der Waals surface area contributed by atoms with Gasteiger partial charge in [-0.25, -0.2) is 9.97 Å². The Morgan fingerprint density at radius 1 is 1.35 bits per heavy atom. The molecule has 0 aliphatic heterocycles. The first-order valence-electron chi connectivity index (χ1n) is 5.87. The zero-order valence-electron chi connectivity index (χ0n) is 10.2. The molecule has 0 aliphatic rings. The zero-order valence-corrected chi connectivity index (χ0v) is 11.8. The van der Waals surface area contributed by atoms with Gasteiger partial charge in [0.25, 0.3) is 0 Å². The first-order chi connectivity index (χ1) is 8.20. The van der Waals surface area contributed by atoms with Crippen LogP contribution in [0.3, 0.4) is 0 Å². The highest BCUT2D eigenvalue weighted by Crippen LogP contribution is 2.31. The standard InChI is InChI=1S/C12H17N3S2/c1-3-4-5-6-16-10-9-7-8(2)17-11(9)15-12(13)14-10/h7H,3-6H2,1-2H3,(H2,13,14,15). The first-order valence-corrected chi connectivity index (χ1v) is 7.67. The Balaban J connectivity index is 2.19. The molecule has 0 saturated heterocycles. The summed E-state index contributed by atoms with van der Waals surface area (Å²) >= 11 is 3.47. The van der Waals surface area contributed by atoms with E-state index in [-0.39, 0.29) is 0 Å². The molecule has 2 N–H and O–H groups in total. The van der Waals surface area contributed by atoms with Gasteiger partial charge in [-0.3, -0.25) is 0 Å². The lowest BCUT2D eigenvalue weighted by Gasteiger charge is -2.02. The average molecular weight is 267 g/mol. The van der Waals surface area contributed by atoms with Crippen molar-refractivity contribution in [1.82, 2.24) is 9.97 Å². The Morgan fingerprint density at radius 2 is 2.18 bits per heavy atom. The van der Waals surface area contributed by atoms with E-state index >= 15 is 0 Å². The molecule has 0 saturated carbocycles. The number of rotatable bonds is 5. The molecule has 0 spiro atoms. The normalized spacial score (nSPS) is 11.2. The highest BCUT2D eigenvalue weighted by molar-refractivity contribution is 7.99. The molecule has 0 bridgehead atoms. The van der Waals surface area contributed by atoms with E-state index in [2.05, 4.69) is 29.9 Å². The van der Waals surface area contributed by atoms with Gasteiger partial charge in [0.15, 0.2) is 0 Å². The summed E-state index contributed by atoms with van der Waals surface area (Å²) in [6, 6.07) is 2.15. The van der Waals surface area contributed by atoms with Crippen LogP contribution in [-0.2, 0) is 0 Å². The van der Waals surface area contributed by atoms with Crippen molar-refractivity contribution in [3.05, 3.63) is 10.9 Å². The third-order valence-electron chi connectivity index (χ3n) is 2.48. The maximum atomic E-state index is 5.74. The van der Waals surface area contributed by atoms with Crippen LogP contribution in [0.4, 0.5) is 5.95 Å². The number of thiophene rings is 1. The van der Waals surface area contributed by atoms with Crippen molar-refractivity contribution >= 4 is 39.3 Å². The molecule has 17 heavy (non-hydrogen) atoms. The van der Waals surface area contributed by atoms with Gasteiger partial charge in [-0.05, 0) is 25.2 Å². The molecule has 92 valence electrons. The fourth-order valence-electron chi connectivity index (χ4n) is 1.66. The molecule has 3 nitrogen and oxygen atoms in total. The molecule has 0 fully saturated rings. The third kappa shape index (κ3) is 3.10. The second kappa shape index (κ2) is 5.69. The van der Waals surface area contributed by atoms with Crippen LogP contribution in [0.2, 0.25) is 0 Å². The van der Waals surface area contributed by atoms with Crippen LogP contribution in [0, 0.1) is 6.92 Å². The van der Waals surface area contributed by atoms with Crippen molar-refractivity contribution in [2.75, 3.05) is 11.5 Å². The van der Waals surface area contributed by atoms with Crippen LogP contribution in [0.1, 0.15) is 31.1 Å². The van der Waals surface area contributed by atoms with Crippen molar-refractivity contribution < 1.29 is 0 Å². The number of nitrogen functional groups attached to an aromatic ring is 1. The van der Waals surface area contributed by atoms with Crippen LogP contribution < -0.4 is 5.73 Å². The molecule has 0 aliphatic carbocycles. The minimum atomic E-state index is 0.386. The van der Waals surface area contributed by atoms with E-state index in [1.165, 1.54) is 24.1 Å². The summed E-state index contributed by atoms with van der Waals surface area (Å²) in [5.41, 5.74) is 5.74. The fourth-order valence-corrected chi connectivity index (χ4v) is 3.62. The van der Waals surface area contributed by atoms with E-state index in [9.17, 15) is 0 Å². The molecule has 2 rings (SSSR count). The summed E-state index contributed by atoms with van der Waals surface area (Å²) < 4.78 is 0. The van der Waals surface area contributed by atoms with Crippen LogP contribution in [0.15, 0.2) is 11.1 Å². The molecule has 5 heteroatoms. The van der Waals surface area contributed by atoms with E-state index in [0.29, 0.717) is 5.95 Å². The summed E-state index contributed by atoms with van der Waals surface area (Å²) in [4.78, 5) is 10.9. The lowest BCUT2D eigenvalue weighted by atomic mass is 10.3. The van der Waals surface area contributed by atoms with Crippen LogP contribution in [0.5, 0.6) is 0 Å². The van der Waals surface area contributed by atoms with Crippen LogP contribution >= 0.6 is 23.1 Å². The second-order valence-corrected chi connectivity index (χ2v) is 6.34. The molecule has 0 unspecified atom stereocenters. The van der Waals surface area contributed by atoms with Crippen molar-refractivity contribution in [3.8, 4) is 0 Å². The predicted octanol–water partition coefficient (Wildman–Crippen LogP) is 3.86.